The molecular weight excluding hydrogens is 490 g/mol. The highest BCUT2D eigenvalue weighted by Crippen LogP contribution is 2.36. The monoisotopic (exact) mass is 525 g/mol. The van der Waals surface area contributed by atoms with Crippen LogP contribution in [0.4, 0.5) is 0 Å². The second-order valence-electron chi connectivity index (χ2n) is 10.9. The van der Waals surface area contributed by atoms with Crippen LogP contribution in [0.25, 0.3) is 15.8 Å². The highest BCUT2D eigenvalue weighted by atomic mass is 32.1. The zero-order chi connectivity index (χ0) is 26.1. The number of likely N-dealkylation sites (tertiary alicyclic amines) is 1. The highest BCUT2D eigenvalue weighted by Gasteiger charge is 2.24. The average molecular weight is 526 g/mol. The van der Waals surface area contributed by atoms with Gasteiger partial charge in [0.05, 0.1) is 24.5 Å². The van der Waals surface area contributed by atoms with Crippen LogP contribution in [-0.2, 0) is 6.54 Å². The molecule has 0 bridgehead atoms. The van der Waals surface area contributed by atoms with Gasteiger partial charge in [-0.05, 0) is 80.0 Å². The molecule has 0 amide bonds. The summed E-state index contributed by atoms with van der Waals surface area (Å²) in [5.41, 5.74) is 11.6. The van der Waals surface area contributed by atoms with Crippen molar-refractivity contribution in [1.29, 1.82) is 0 Å². The Morgan fingerprint density at radius 2 is 1.89 bits per heavy atom. The quantitative estimate of drug-likeness (QED) is 0.450. The van der Waals surface area contributed by atoms with Crippen LogP contribution in [0, 0.1) is 5.92 Å². The molecule has 2 N–H and O–H groups in total. The first-order valence-electron chi connectivity index (χ1n) is 13.7. The fraction of sp³-hybridized carbons (Fsp3) is 0.433. The summed E-state index contributed by atoms with van der Waals surface area (Å²) in [5.74, 6) is 1.84. The maximum Gasteiger partial charge on any atom is 0.146 e. The summed E-state index contributed by atoms with van der Waals surface area (Å²) in [6.07, 6.45) is 17.0. The van der Waals surface area contributed by atoms with E-state index in [4.69, 9.17) is 5.73 Å². The van der Waals surface area contributed by atoms with Gasteiger partial charge in [-0.2, -0.15) is 0 Å². The molecule has 0 radical (unpaired) electrons. The molecule has 3 aliphatic rings. The van der Waals surface area contributed by atoms with E-state index in [1.54, 1.807) is 11.3 Å². The molecule has 1 fully saturated rings. The molecule has 5 heterocycles. The maximum absolute atomic E-state index is 6.30. The van der Waals surface area contributed by atoms with E-state index in [-0.39, 0.29) is 6.04 Å². The Morgan fingerprint density at radius 3 is 2.63 bits per heavy atom. The van der Waals surface area contributed by atoms with Gasteiger partial charge in [0.25, 0.3) is 0 Å². The van der Waals surface area contributed by atoms with Crippen molar-refractivity contribution in [3.05, 3.63) is 76.4 Å². The molecule has 0 aromatic carbocycles. The van der Waals surface area contributed by atoms with E-state index in [1.807, 2.05) is 12.4 Å². The van der Waals surface area contributed by atoms with Gasteiger partial charge in [0.15, 0.2) is 0 Å². The molecule has 0 unspecified atom stereocenters. The van der Waals surface area contributed by atoms with E-state index < -0.39 is 0 Å². The fourth-order valence-electron chi connectivity index (χ4n) is 5.41. The summed E-state index contributed by atoms with van der Waals surface area (Å²) in [5, 5.41) is 10.3. The number of hydrogen-bond acceptors (Lipinski definition) is 8. The minimum absolute atomic E-state index is 0.0500. The van der Waals surface area contributed by atoms with Crippen molar-refractivity contribution in [3.63, 3.8) is 0 Å². The molecular formula is C30H35N7S. The average Bonchev–Trinajstić information content (AvgIpc) is 3.61. The number of nitrogens with zero attached hydrogens (tertiary/aromatic N) is 6. The Hall–Kier alpha value is -3.07. The Kier molecular flexibility index (Phi) is 7.28. The molecule has 0 spiro atoms. The molecule has 3 aromatic rings. The van der Waals surface area contributed by atoms with E-state index in [9.17, 15) is 0 Å². The number of thiophene rings is 1. The number of allylic oxidation sites excluding steroid dienone is 5. The zero-order valence-electron chi connectivity index (χ0n) is 22.2. The van der Waals surface area contributed by atoms with Gasteiger partial charge in [0.1, 0.15) is 10.7 Å². The number of hydrogen-bond donors (Lipinski definition) is 1. The summed E-state index contributed by atoms with van der Waals surface area (Å²) < 4.78 is 0. The van der Waals surface area contributed by atoms with Crippen LogP contribution < -0.4 is 5.73 Å². The van der Waals surface area contributed by atoms with Crippen LogP contribution in [0.2, 0.25) is 0 Å². The van der Waals surface area contributed by atoms with Gasteiger partial charge >= 0.3 is 0 Å². The van der Waals surface area contributed by atoms with Gasteiger partial charge in [-0.25, -0.2) is 9.97 Å². The Labute approximate surface area is 228 Å². The standard InChI is InChI=1S/C30H35N7S/c1-19(2)29(31)23-13-25(32-15-23)24-16-33-28(34-17-24)18-37-10-8-21(9-11-37)27-14-22-12-26(35-36-30(22)38-27)20-6-4-3-5-7-20/h4,6-7,12-14,16-17,19,21,29H,3,5,8-11,15,18,31H2,1-2H3/t29-/m1/s1. The van der Waals surface area contributed by atoms with Crippen LogP contribution in [0.1, 0.15) is 67.4 Å². The molecule has 1 aliphatic carbocycles. The Morgan fingerprint density at radius 1 is 1.08 bits per heavy atom. The largest absolute Gasteiger partial charge is 0.324 e. The zero-order valence-corrected chi connectivity index (χ0v) is 23.0. The number of piperidine rings is 1. The van der Waals surface area contributed by atoms with Crippen molar-refractivity contribution < 1.29 is 0 Å². The fourth-order valence-corrected chi connectivity index (χ4v) is 6.54. The van der Waals surface area contributed by atoms with Crippen molar-refractivity contribution in [2.75, 3.05) is 19.6 Å². The number of nitrogens with two attached hydrogens (primary N) is 1. The SMILES string of the molecule is CC(C)[C@@H](N)C1=CC(c2cnc(CN3CCC(c4cc5cc(C6=CCCC=C6)nnc5s4)CC3)nc2)=NC1. The van der Waals surface area contributed by atoms with Crippen LogP contribution >= 0.6 is 11.3 Å². The minimum Gasteiger partial charge on any atom is -0.324 e. The molecule has 0 saturated carbocycles. The van der Waals surface area contributed by atoms with E-state index in [0.717, 1.165) is 72.9 Å². The number of aromatic nitrogens is 4. The van der Waals surface area contributed by atoms with Crippen LogP contribution in [0.3, 0.4) is 0 Å². The highest BCUT2D eigenvalue weighted by molar-refractivity contribution is 7.18. The molecule has 38 heavy (non-hydrogen) atoms. The molecule has 8 heteroatoms. The van der Waals surface area contributed by atoms with Gasteiger partial charge in [0, 0.05) is 34.3 Å². The van der Waals surface area contributed by atoms with Crippen molar-refractivity contribution in [1.82, 2.24) is 25.1 Å². The lowest BCUT2D eigenvalue weighted by molar-refractivity contribution is 0.201. The van der Waals surface area contributed by atoms with E-state index in [1.165, 1.54) is 21.4 Å². The summed E-state index contributed by atoms with van der Waals surface area (Å²) in [7, 11) is 0. The molecule has 1 saturated heterocycles. The van der Waals surface area contributed by atoms with Crippen molar-refractivity contribution >= 4 is 32.8 Å². The first-order valence-corrected chi connectivity index (χ1v) is 14.5. The van der Waals surface area contributed by atoms with Crippen molar-refractivity contribution in [3.8, 4) is 0 Å². The van der Waals surface area contributed by atoms with Gasteiger partial charge in [-0.15, -0.1) is 21.5 Å². The summed E-state index contributed by atoms with van der Waals surface area (Å²) in [6.45, 7) is 7.84. The van der Waals surface area contributed by atoms with Gasteiger partial charge in [-0.3, -0.25) is 9.89 Å². The first-order chi connectivity index (χ1) is 18.5. The third kappa shape index (κ3) is 5.39. The van der Waals surface area contributed by atoms with E-state index in [2.05, 4.69) is 80.3 Å². The summed E-state index contributed by atoms with van der Waals surface area (Å²) >= 11 is 1.80. The van der Waals surface area contributed by atoms with Crippen molar-refractivity contribution in [2.24, 2.45) is 16.6 Å². The minimum atomic E-state index is 0.0500. The topological polar surface area (TPSA) is 93.2 Å². The molecule has 2 aliphatic heterocycles. The normalized spacial score (nSPS) is 19.6. The number of aliphatic imine (C=N–C) groups is 1. The predicted molar refractivity (Wildman–Crippen MR) is 155 cm³/mol. The molecule has 6 rings (SSSR count). The second kappa shape index (κ2) is 11.0. The van der Waals surface area contributed by atoms with E-state index >= 15 is 0 Å². The molecule has 7 nitrogen and oxygen atoms in total. The lowest BCUT2D eigenvalue weighted by Crippen LogP contribution is -2.32. The maximum atomic E-state index is 6.30. The smallest absolute Gasteiger partial charge is 0.146 e. The third-order valence-electron chi connectivity index (χ3n) is 7.85. The van der Waals surface area contributed by atoms with Gasteiger partial charge in [-0.1, -0.05) is 32.1 Å². The molecule has 3 aromatic heterocycles. The van der Waals surface area contributed by atoms with Crippen molar-refractivity contribution in [2.45, 2.75) is 58.0 Å². The van der Waals surface area contributed by atoms with Crippen LogP contribution in [0.15, 0.2) is 59.4 Å². The summed E-state index contributed by atoms with van der Waals surface area (Å²) in [4.78, 5) is 18.9. The first kappa shape index (κ1) is 25.2. The van der Waals surface area contributed by atoms with Crippen LogP contribution in [-0.4, -0.2) is 56.5 Å². The Bertz CT molecular complexity index is 1420. The number of rotatable bonds is 7. The molecule has 196 valence electrons. The number of fused-ring (bicyclic) bond motifs is 1. The van der Waals surface area contributed by atoms with E-state index in [0.29, 0.717) is 18.4 Å². The molecule has 1 atom stereocenters. The third-order valence-corrected chi connectivity index (χ3v) is 9.04. The lowest BCUT2D eigenvalue weighted by Gasteiger charge is -2.30. The second-order valence-corrected chi connectivity index (χ2v) is 12.0. The summed E-state index contributed by atoms with van der Waals surface area (Å²) in [6, 6.07) is 4.59. The van der Waals surface area contributed by atoms with Crippen LogP contribution in [0.5, 0.6) is 0 Å². The lowest BCUT2D eigenvalue weighted by atomic mass is 9.95. The van der Waals surface area contributed by atoms with Gasteiger partial charge in [0.2, 0.25) is 0 Å². The van der Waals surface area contributed by atoms with Gasteiger partial charge < -0.3 is 5.73 Å². The Balaban J connectivity index is 1.05. The predicted octanol–water partition coefficient (Wildman–Crippen LogP) is 5.31.